The zero-order valence-electron chi connectivity index (χ0n) is 23.4. The van der Waals surface area contributed by atoms with Crippen LogP contribution in [0, 0.1) is 0 Å². The standard InChI is InChI=1S/C28H41NO8/c1-26(2,3)36-24(30)19(16-32-9)21-23-22(34-28(7,8)35-23)20(29(21)25(31)37-27(4,5)6)17-33-15-18-13-11-10-12-14-18/h10-14,16,20-23H,15,17H2,1-9H3/t20-,21+,22-,23+/m1/s1. The van der Waals surface area contributed by atoms with Crippen LogP contribution in [0.15, 0.2) is 42.2 Å². The molecule has 1 amide bonds. The maximum absolute atomic E-state index is 13.6. The molecule has 0 aliphatic carbocycles. The van der Waals surface area contributed by atoms with Crippen LogP contribution in [0.1, 0.15) is 61.0 Å². The Morgan fingerprint density at radius 2 is 1.57 bits per heavy atom. The van der Waals surface area contributed by atoms with E-state index in [2.05, 4.69) is 0 Å². The molecule has 2 fully saturated rings. The van der Waals surface area contributed by atoms with Crippen molar-refractivity contribution in [2.45, 2.75) is 103 Å². The molecule has 1 aromatic carbocycles. The molecular formula is C28H41NO8. The molecule has 0 saturated carbocycles. The molecule has 0 aromatic heterocycles. The van der Waals surface area contributed by atoms with Gasteiger partial charge in [-0.1, -0.05) is 30.3 Å². The second-order valence-electron chi connectivity index (χ2n) is 11.8. The highest BCUT2D eigenvalue weighted by atomic mass is 16.8. The Hall–Kier alpha value is -2.62. The minimum atomic E-state index is -0.933. The number of amides is 1. The SMILES string of the molecule is COC=C(C(=O)OC(C)(C)C)[C@H]1[C@@H]2OC(C)(C)O[C@@H]2[C@@H](COCc2ccccc2)N1C(=O)OC(C)(C)C. The zero-order valence-corrected chi connectivity index (χ0v) is 23.4. The van der Waals surface area contributed by atoms with E-state index < -0.39 is 53.3 Å². The first-order valence-corrected chi connectivity index (χ1v) is 12.6. The number of carbonyl (C=O) groups excluding carboxylic acids is 2. The van der Waals surface area contributed by atoms with Gasteiger partial charge in [0.1, 0.15) is 23.4 Å². The van der Waals surface area contributed by atoms with Gasteiger partial charge in [-0.2, -0.15) is 0 Å². The van der Waals surface area contributed by atoms with Crippen molar-refractivity contribution in [2.24, 2.45) is 0 Å². The molecule has 37 heavy (non-hydrogen) atoms. The van der Waals surface area contributed by atoms with Gasteiger partial charge in [0, 0.05) is 0 Å². The molecule has 9 heteroatoms. The lowest BCUT2D eigenvalue weighted by atomic mass is 10.0. The van der Waals surface area contributed by atoms with Crippen LogP contribution in [0.2, 0.25) is 0 Å². The molecule has 2 aliphatic heterocycles. The van der Waals surface area contributed by atoms with Crippen LogP contribution >= 0.6 is 0 Å². The van der Waals surface area contributed by atoms with Crippen molar-refractivity contribution in [3.05, 3.63) is 47.7 Å². The zero-order chi connectivity index (χ0) is 27.6. The van der Waals surface area contributed by atoms with Crippen LogP contribution in [0.4, 0.5) is 4.79 Å². The number of esters is 1. The molecule has 0 radical (unpaired) electrons. The monoisotopic (exact) mass is 519 g/mol. The Morgan fingerprint density at radius 3 is 2.14 bits per heavy atom. The van der Waals surface area contributed by atoms with Gasteiger partial charge in [-0.05, 0) is 61.0 Å². The fourth-order valence-corrected chi connectivity index (χ4v) is 4.52. The van der Waals surface area contributed by atoms with Gasteiger partial charge in [-0.15, -0.1) is 0 Å². The van der Waals surface area contributed by atoms with Crippen molar-refractivity contribution >= 4 is 12.1 Å². The molecule has 4 atom stereocenters. The van der Waals surface area contributed by atoms with Gasteiger partial charge < -0.3 is 28.4 Å². The van der Waals surface area contributed by atoms with E-state index in [0.717, 1.165) is 5.56 Å². The molecule has 0 spiro atoms. The van der Waals surface area contributed by atoms with Gasteiger partial charge in [-0.3, -0.25) is 4.90 Å². The lowest BCUT2D eigenvalue weighted by Gasteiger charge is -2.36. The largest absolute Gasteiger partial charge is 0.504 e. The van der Waals surface area contributed by atoms with Crippen LogP contribution in [0.5, 0.6) is 0 Å². The molecule has 2 saturated heterocycles. The summed E-state index contributed by atoms with van der Waals surface area (Å²) in [5.74, 6) is -1.55. The van der Waals surface area contributed by atoms with E-state index in [9.17, 15) is 9.59 Å². The summed E-state index contributed by atoms with van der Waals surface area (Å²) in [7, 11) is 1.44. The van der Waals surface area contributed by atoms with Crippen molar-refractivity contribution < 1.29 is 38.0 Å². The van der Waals surface area contributed by atoms with Crippen LogP contribution in [0.3, 0.4) is 0 Å². The van der Waals surface area contributed by atoms with Crippen molar-refractivity contribution in [2.75, 3.05) is 13.7 Å². The Labute approximate surface area is 220 Å². The van der Waals surface area contributed by atoms with Gasteiger partial charge in [0.15, 0.2) is 5.79 Å². The maximum Gasteiger partial charge on any atom is 0.411 e. The first-order valence-electron chi connectivity index (χ1n) is 12.6. The average Bonchev–Trinajstić information content (AvgIpc) is 3.21. The first-order chi connectivity index (χ1) is 17.1. The fourth-order valence-electron chi connectivity index (χ4n) is 4.52. The summed E-state index contributed by atoms with van der Waals surface area (Å²) in [5, 5.41) is 0. The van der Waals surface area contributed by atoms with Gasteiger partial charge in [-0.25, -0.2) is 9.59 Å². The molecule has 206 valence electrons. The molecule has 2 aliphatic rings. The number of benzene rings is 1. The number of carbonyl (C=O) groups is 2. The van der Waals surface area contributed by atoms with E-state index in [1.54, 1.807) is 55.4 Å². The van der Waals surface area contributed by atoms with Crippen molar-refractivity contribution in [3.63, 3.8) is 0 Å². The molecule has 2 heterocycles. The predicted octanol–water partition coefficient (Wildman–Crippen LogP) is 4.58. The number of likely N-dealkylation sites (tertiary alicyclic amines) is 1. The third kappa shape index (κ3) is 7.46. The minimum Gasteiger partial charge on any atom is -0.504 e. The second kappa shape index (κ2) is 11.0. The molecule has 0 unspecified atom stereocenters. The average molecular weight is 520 g/mol. The Bertz CT molecular complexity index is 976. The fraction of sp³-hybridized carbons (Fsp3) is 0.643. The van der Waals surface area contributed by atoms with E-state index in [-0.39, 0.29) is 12.2 Å². The van der Waals surface area contributed by atoms with E-state index in [4.69, 9.17) is 28.4 Å². The predicted molar refractivity (Wildman–Crippen MR) is 137 cm³/mol. The molecule has 0 N–H and O–H groups in total. The van der Waals surface area contributed by atoms with Gasteiger partial charge in [0.05, 0.1) is 44.2 Å². The van der Waals surface area contributed by atoms with Crippen molar-refractivity contribution in [1.29, 1.82) is 0 Å². The Morgan fingerprint density at radius 1 is 0.973 bits per heavy atom. The third-order valence-corrected chi connectivity index (χ3v) is 5.71. The van der Waals surface area contributed by atoms with E-state index in [1.165, 1.54) is 18.3 Å². The Balaban J connectivity index is 2.00. The highest BCUT2D eigenvalue weighted by molar-refractivity contribution is 5.91. The number of fused-ring (bicyclic) bond motifs is 1. The molecular weight excluding hydrogens is 478 g/mol. The molecule has 1 aromatic rings. The number of hydrogen-bond donors (Lipinski definition) is 0. The smallest absolute Gasteiger partial charge is 0.411 e. The summed E-state index contributed by atoms with van der Waals surface area (Å²) in [5.41, 5.74) is -0.407. The summed E-state index contributed by atoms with van der Waals surface area (Å²) in [6.07, 6.45) is -0.571. The van der Waals surface area contributed by atoms with Crippen LogP contribution in [-0.4, -0.2) is 72.0 Å². The highest BCUT2D eigenvalue weighted by Crippen LogP contribution is 2.44. The number of methoxy groups -OCH3 is 1. The molecule has 0 bridgehead atoms. The van der Waals surface area contributed by atoms with Crippen molar-refractivity contribution in [3.8, 4) is 0 Å². The van der Waals surface area contributed by atoms with Gasteiger partial charge in [0.25, 0.3) is 0 Å². The van der Waals surface area contributed by atoms with Crippen LogP contribution in [0.25, 0.3) is 0 Å². The molecule has 3 rings (SSSR count). The van der Waals surface area contributed by atoms with E-state index in [1.807, 2.05) is 30.3 Å². The summed E-state index contributed by atoms with van der Waals surface area (Å²) < 4.78 is 35.3. The van der Waals surface area contributed by atoms with Crippen LogP contribution in [-0.2, 0) is 39.8 Å². The normalized spacial score (nSPS) is 25.5. The highest BCUT2D eigenvalue weighted by Gasteiger charge is 2.62. The summed E-state index contributed by atoms with van der Waals surface area (Å²) in [4.78, 5) is 28.5. The maximum atomic E-state index is 13.6. The summed E-state index contributed by atoms with van der Waals surface area (Å²) >= 11 is 0. The van der Waals surface area contributed by atoms with Crippen LogP contribution < -0.4 is 0 Å². The van der Waals surface area contributed by atoms with E-state index >= 15 is 0 Å². The third-order valence-electron chi connectivity index (χ3n) is 5.71. The van der Waals surface area contributed by atoms with E-state index in [0.29, 0.717) is 6.61 Å². The minimum absolute atomic E-state index is 0.130. The van der Waals surface area contributed by atoms with Gasteiger partial charge >= 0.3 is 12.1 Å². The molecule has 9 nitrogen and oxygen atoms in total. The topological polar surface area (TPSA) is 92.8 Å². The lowest BCUT2D eigenvalue weighted by Crippen LogP contribution is -2.51. The number of hydrogen-bond acceptors (Lipinski definition) is 8. The number of nitrogens with zero attached hydrogens (tertiary/aromatic N) is 1. The second-order valence-corrected chi connectivity index (χ2v) is 11.8. The number of rotatable bonds is 7. The van der Waals surface area contributed by atoms with Gasteiger partial charge in [0.2, 0.25) is 0 Å². The summed E-state index contributed by atoms with van der Waals surface area (Å²) in [6.45, 7) is 14.8. The number of ether oxygens (including phenoxy) is 6. The first kappa shape index (κ1) is 28.9. The lowest BCUT2D eigenvalue weighted by molar-refractivity contribution is -0.170. The summed E-state index contributed by atoms with van der Waals surface area (Å²) in [6, 6.07) is 8.25. The Kier molecular flexibility index (Phi) is 8.61. The quantitative estimate of drug-likeness (QED) is 0.294. The van der Waals surface area contributed by atoms with Crippen molar-refractivity contribution in [1.82, 2.24) is 4.90 Å².